The summed E-state index contributed by atoms with van der Waals surface area (Å²) in [6, 6.07) is 15.3. The molecule has 0 bridgehead atoms. The van der Waals surface area contributed by atoms with Gasteiger partial charge in [0, 0.05) is 16.1 Å². The van der Waals surface area contributed by atoms with Crippen molar-refractivity contribution in [3.8, 4) is 11.4 Å². The molecule has 0 spiro atoms. The number of hydrogen-bond acceptors (Lipinski definition) is 5. The van der Waals surface area contributed by atoms with Crippen molar-refractivity contribution in [2.45, 2.75) is 13.5 Å². The molecule has 6 heteroatoms. The van der Waals surface area contributed by atoms with Gasteiger partial charge in [0.05, 0.1) is 0 Å². The van der Waals surface area contributed by atoms with E-state index in [-0.39, 0.29) is 12.5 Å². The number of halogens is 1. The summed E-state index contributed by atoms with van der Waals surface area (Å²) in [5, 5.41) is 3.93. The first kappa shape index (κ1) is 17.1. The van der Waals surface area contributed by atoms with Gasteiger partial charge in [0.15, 0.2) is 6.61 Å². The molecule has 1 heterocycles. The van der Waals surface area contributed by atoms with Gasteiger partial charge in [-0.2, -0.15) is 4.98 Å². The zero-order chi connectivity index (χ0) is 17.6. The van der Waals surface area contributed by atoms with Crippen molar-refractivity contribution >= 4 is 28.0 Å². The number of rotatable bonds is 5. The molecule has 0 atom stereocenters. The summed E-state index contributed by atoms with van der Waals surface area (Å²) in [5.74, 6) is 0.256. The van der Waals surface area contributed by atoms with Crippen LogP contribution in [0.25, 0.3) is 17.5 Å². The molecule has 25 heavy (non-hydrogen) atoms. The second-order valence-corrected chi connectivity index (χ2v) is 6.24. The largest absolute Gasteiger partial charge is 0.452 e. The Hall–Kier alpha value is -2.73. The van der Waals surface area contributed by atoms with Crippen LogP contribution in [-0.4, -0.2) is 16.1 Å². The van der Waals surface area contributed by atoms with Crippen LogP contribution in [0.5, 0.6) is 0 Å². The molecule has 0 unspecified atom stereocenters. The van der Waals surface area contributed by atoms with Gasteiger partial charge in [-0.05, 0) is 36.3 Å². The van der Waals surface area contributed by atoms with Gasteiger partial charge in [-0.1, -0.05) is 57.5 Å². The monoisotopic (exact) mass is 398 g/mol. The van der Waals surface area contributed by atoms with Gasteiger partial charge in [-0.3, -0.25) is 0 Å². The smallest absolute Gasteiger partial charge is 0.331 e. The van der Waals surface area contributed by atoms with Crippen LogP contribution in [0, 0.1) is 6.92 Å². The first-order valence-corrected chi connectivity index (χ1v) is 8.40. The zero-order valence-corrected chi connectivity index (χ0v) is 15.1. The molecule has 1 aromatic heterocycles. The Kier molecular flexibility index (Phi) is 5.40. The maximum absolute atomic E-state index is 11.8. The average molecular weight is 399 g/mol. The Bertz CT molecular complexity index is 918. The summed E-state index contributed by atoms with van der Waals surface area (Å²) in [6.45, 7) is 1.90. The van der Waals surface area contributed by atoms with E-state index in [1.807, 2.05) is 55.5 Å². The van der Waals surface area contributed by atoms with Gasteiger partial charge in [0.25, 0.3) is 5.89 Å². The lowest BCUT2D eigenvalue weighted by atomic mass is 10.1. The van der Waals surface area contributed by atoms with Crippen molar-refractivity contribution in [3.05, 3.63) is 76.1 Å². The molecule has 0 saturated carbocycles. The third-order valence-corrected chi connectivity index (χ3v) is 3.95. The van der Waals surface area contributed by atoms with Crippen molar-refractivity contribution in [1.29, 1.82) is 0 Å². The second kappa shape index (κ2) is 7.90. The summed E-state index contributed by atoms with van der Waals surface area (Å²) < 4.78 is 11.2. The molecule has 0 aliphatic carbocycles. The third kappa shape index (κ3) is 4.64. The fraction of sp³-hybridized carbons (Fsp3) is 0.105. The molecule has 3 aromatic rings. The molecule has 0 amide bonds. The lowest BCUT2D eigenvalue weighted by Gasteiger charge is -1.98. The van der Waals surface area contributed by atoms with E-state index in [9.17, 15) is 4.79 Å². The van der Waals surface area contributed by atoms with Crippen LogP contribution in [0.15, 0.2) is 63.6 Å². The van der Waals surface area contributed by atoms with Crippen molar-refractivity contribution in [3.63, 3.8) is 0 Å². The van der Waals surface area contributed by atoms with Crippen molar-refractivity contribution in [1.82, 2.24) is 10.1 Å². The van der Waals surface area contributed by atoms with Crippen molar-refractivity contribution < 1.29 is 14.1 Å². The molecular weight excluding hydrogens is 384 g/mol. The maximum Gasteiger partial charge on any atom is 0.331 e. The van der Waals surface area contributed by atoms with Gasteiger partial charge in [-0.15, -0.1) is 0 Å². The molecule has 3 rings (SSSR count). The topological polar surface area (TPSA) is 65.2 Å². The number of nitrogens with zero attached hydrogens (tertiary/aromatic N) is 2. The minimum absolute atomic E-state index is 0.0689. The Morgan fingerprint density at radius 3 is 2.88 bits per heavy atom. The SMILES string of the molecule is Cc1ccccc1-c1noc(COC(=O)/C=C/c2cccc(Br)c2)n1. The fourth-order valence-electron chi connectivity index (χ4n) is 2.20. The minimum Gasteiger partial charge on any atom is -0.452 e. The number of benzene rings is 2. The molecule has 0 fully saturated rings. The molecule has 0 aliphatic heterocycles. The lowest BCUT2D eigenvalue weighted by molar-refractivity contribution is -0.139. The minimum atomic E-state index is -0.476. The number of hydrogen-bond donors (Lipinski definition) is 0. The number of carbonyl (C=O) groups is 1. The molecule has 126 valence electrons. The molecule has 0 saturated heterocycles. The van der Waals surface area contributed by atoms with Gasteiger partial charge in [0.2, 0.25) is 5.82 Å². The van der Waals surface area contributed by atoms with Crippen LogP contribution < -0.4 is 0 Å². The third-order valence-electron chi connectivity index (χ3n) is 3.45. The van der Waals surface area contributed by atoms with Crippen LogP contribution in [0.4, 0.5) is 0 Å². The molecule has 2 aromatic carbocycles. The summed E-state index contributed by atoms with van der Waals surface area (Å²) in [5.41, 5.74) is 2.83. The number of esters is 1. The van der Waals surface area contributed by atoms with Crippen LogP contribution >= 0.6 is 15.9 Å². The standard InChI is InChI=1S/C19H15BrN2O3/c1-13-5-2-3-8-16(13)19-21-17(25-22-19)12-24-18(23)10-9-14-6-4-7-15(20)11-14/h2-11H,12H2,1H3/b10-9+. The molecule has 0 aliphatic rings. The number of aryl methyl sites for hydroxylation is 1. The highest BCUT2D eigenvalue weighted by Crippen LogP contribution is 2.20. The molecule has 0 radical (unpaired) electrons. The highest BCUT2D eigenvalue weighted by molar-refractivity contribution is 9.10. The predicted octanol–water partition coefficient (Wildman–Crippen LogP) is 4.56. The summed E-state index contributed by atoms with van der Waals surface area (Å²) in [6.07, 6.45) is 3.04. The lowest BCUT2D eigenvalue weighted by Crippen LogP contribution is -2.01. The summed E-state index contributed by atoms with van der Waals surface area (Å²) in [4.78, 5) is 16.1. The van der Waals surface area contributed by atoms with E-state index < -0.39 is 5.97 Å². The van der Waals surface area contributed by atoms with E-state index in [0.717, 1.165) is 21.2 Å². The van der Waals surface area contributed by atoms with E-state index in [2.05, 4.69) is 26.1 Å². The highest BCUT2D eigenvalue weighted by Gasteiger charge is 2.11. The summed E-state index contributed by atoms with van der Waals surface area (Å²) in [7, 11) is 0. The predicted molar refractivity (Wildman–Crippen MR) is 97.4 cm³/mol. The zero-order valence-electron chi connectivity index (χ0n) is 13.5. The Labute approximate surface area is 153 Å². The second-order valence-electron chi connectivity index (χ2n) is 5.32. The Morgan fingerprint density at radius 2 is 2.08 bits per heavy atom. The molecule has 5 nitrogen and oxygen atoms in total. The fourth-order valence-corrected chi connectivity index (χ4v) is 2.62. The normalized spacial score (nSPS) is 11.0. The van der Waals surface area contributed by atoms with Crippen LogP contribution in [-0.2, 0) is 16.1 Å². The Morgan fingerprint density at radius 1 is 1.24 bits per heavy atom. The van der Waals surface area contributed by atoms with Gasteiger partial charge >= 0.3 is 5.97 Å². The molecule has 0 N–H and O–H groups in total. The van der Waals surface area contributed by atoms with Crippen LogP contribution in [0.3, 0.4) is 0 Å². The van der Waals surface area contributed by atoms with E-state index in [1.165, 1.54) is 6.08 Å². The summed E-state index contributed by atoms with van der Waals surface area (Å²) >= 11 is 3.38. The molecular formula is C19H15BrN2O3. The Balaban J connectivity index is 1.59. The van der Waals surface area contributed by atoms with Crippen LogP contribution in [0.2, 0.25) is 0 Å². The van der Waals surface area contributed by atoms with E-state index in [0.29, 0.717) is 5.82 Å². The van der Waals surface area contributed by atoms with E-state index >= 15 is 0 Å². The number of ether oxygens (including phenoxy) is 1. The average Bonchev–Trinajstić information content (AvgIpc) is 3.07. The van der Waals surface area contributed by atoms with E-state index in [4.69, 9.17) is 9.26 Å². The van der Waals surface area contributed by atoms with Gasteiger partial charge in [-0.25, -0.2) is 4.79 Å². The van der Waals surface area contributed by atoms with Gasteiger partial charge < -0.3 is 9.26 Å². The number of aromatic nitrogens is 2. The van der Waals surface area contributed by atoms with Crippen molar-refractivity contribution in [2.24, 2.45) is 0 Å². The van der Waals surface area contributed by atoms with E-state index in [1.54, 1.807) is 6.08 Å². The first-order chi connectivity index (χ1) is 12.1. The van der Waals surface area contributed by atoms with Crippen LogP contribution in [0.1, 0.15) is 17.0 Å². The van der Waals surface area contributed by atoms with Gasteiger partial charge in [0.1, 0.15) is 0 Å². The number of carbonyl (C=O) groups excluding carboxylic acids is 1. The highest BCUT2D eigenvalue weighted by atomic mass is 79.9. The first-order valence-electron chi connectivity index (χ1n) is 7.61. The van der Waals surface area contributed by atoms with Crippen molar-refractivity contribution in [2.75, 3.05) is 0 Å². The quantitative estimate of drug-likeness (QED) is 0.465. The maximum atomic E-state index is 11.8.